The fourth-order valence-corrected chi connectivity index (χ4v) is 8.43. The molecule has 2 unspecified atom stereocenters. The van der Waals surface area contributed by atoms with Crippen molar-refractivity contribution in [3.63, 3.8) is 0 Å². The standard InChI is InChI=1S/C35H40O2/c1-36-23-11-21-34(30-17-7-3-13-26(30)27-14-4-8-18-31(27)34)25-35(22-12-24-37-2)32-19-9-5-15-28(32)29-16-6-10-20-33(29)35/h3-10,13-17,19,31,33H,11-12,18,20-25H2,1-2H3/t31-,33-,34?,35?/m1/s1. The molecular weight excluding hydrogens is 452 g/mol. The Kier molecular flexibility index (Phi) is 6.82. The zero-order valence-corrected chi connectivity index (χ0v) is 22.4. The first kappa shape index (κ1) is 24.6. The molecule has 0 aromatic heterocycles. The molecule has 0 fully saturated rings. The molecule has 0 heterocycles. The summed E-state index contributed by atoms with van der Waals surface area (Å²) in [4.78, 5) is 0. The van der Waals surface area contributed by atoms with Gasteiger partial charge < -0.3 is 9.47 Å². The molecule has 2 heteroatoms. The zero-order valence-electron chi connectivity index (χ0n) is 22.4. The summed E-state index contributed by atoms with van der Waals surface area (Å²) in [6, 6.07) is 18.6. The molecule has 192 valence electrons. The summed E-state index contributed by atoms with van der Waals surface area (Å²) in [5.41, 5.74) is 9.36. The molecule has 0 N–H and O–H groups in total. The predicted octanol–water partition coefficient (Wildman–Crippen LogP) is 8.05. The third kappa shape index (κ3) is 3.92. The van der Waals surface area contributed by atoms with E-state index in [1.807, 2.05) is 14.2 Å². The van der Waals surface area contributed by atoms with Crippen molar-refractivity contribution >= 4 is 11.1 Å². The van der Waals surface area contributed by atoms with Gasteiger partial charge in [0.25, 0.3) is 0 Å². The number of hydrogen-bond acceptors (Lipinski definition) is 2. The Labute approximate surface area is 222 Å². The lowest BCUT2D eigenvalue weighted by Crippen LogP contribution is -2.44. The predicted molar refractivity (Wildman–Crippen MR) is 154 cm³/mol. The van der Waals surface area contributed by atoms with Crippen molar-refractivity contribution in [3.05, 3.63) is 107 Å². The van der Waals surface area contributed by atoms with Crippen LogP contribution < -0.4 is 0 Å². The molecule has 4 aliphatic rings. The molecule has 37 heavy (non-hydrogen) atoms. The second-order valence-electron chi connectivity index (χ2n) is 11.4. The van der Waals surface area contributed by atoms with E-state index in [2.05, 4.69) is 85.0 Å². The van der Waals surface area contributed by atoms with Crippen molar-refractivity contribution in [1.82, 2.24) is 0 Å². The largest absolute Gasteiger partial charge is 0.385 e. The molecule has 6 rings (SSSR count). The van der Waals surface area contributed by atoms with E-state index in [1.165, 1.54) is 17.5 Å². The van der Waals surface area contributed by atoms with Gasteiger partial charge in [-0.25, -0.2) is 0 Å². The Hall–Kier alpha value is -2.68. The van der Waals surface area contributed by atoms with E-state index in [4.69, 9.17) is 9.47 Å². The number of rotatable bonds is 10. The van der Waals surface area contributed by atoms with E-state index in [1.54, 1.807) is 22.3 Å². The fraction of sp³-hybridized carbons (Fsp3) is 0.429. The van der Waals surface area contributed by atoms with E-state index in [9.17, 15) is 0 Å². The van der Waals surface area contributed by atoms with Crippen LogP contribution in [0.5, 0.6) is 0 Å². The van der Waals surface area contributed by atoms with Crippen LogP contribution in [0.1, 0.15) is 67.2 Å². The Morgan fingerprint density at radius 2 is 1.14 bits per heavy atom. The van der Waals surface area contributed by atoms with Crippen LogP contribution in [0.4, 0.5) is 0 Å². The highest BCUT2D eigenvalue weighted by Crippen LogP contribution is 2.65. The third-order valence-corrected chi connectivity index (χ3v) is 9.77. The molecule has 0 radical (unpaired) electrons. The van der Waals surface area contributed by atoms with Gasteiger partial charge in [0.2, 0.25) is 0 Å². The van der Waals surface area contributed by atoms with Gasteiger partial charge in [-0.05, 0) is 90.2 Å². The van der Waals surface area contributed by atoms with Gasteiger partial charge in [-0.1, -0.05) is 85.0 Å². The van der Waals surface area contributed by atoms with Crippen LogP contribution in [0.2, 0.25) is 0 Å². The maximum Gasteiger partial charge on any atom is 0.0462 e. The number of allylic oxidation sites excluding steroid dienone is 8. The lowest BCUT2D eigenvalue weighted by atomic mass is 9.55. The smallest absolute Gasteiger partial charge is 0.0462 e. The quantitative estimate of drug-likeness (QED) is 0.312. The molecule has 0 bridgehead atoms. The molecule has 4 atom stereocenters. The minimum absolute atomic E-state index is 0.0858. The molecule has 0 amide bonds. The summed E-state index contributed by atoms with van der Waals surface area (Å²) in [6.07, 6.45) is 22.1. The SMILES string of the molecule is COCCCC1(CC2(CCCOC)c3ccccc3C3=CC=CC[C@H]32)c2ccccc2C2=CC=CC[C@H]21. The molecule has 0 saturated heterocycles. The van der Waals surface area contributed by atoms with Crippen LogP contribution in [0.3, 0.4) is 0 Å². The van der Waals surface area contributed by atoms with Crippen LogP contribution in [0, 0.1) is 11.8 Å². The van der Waals surface area contributed by atoms with E-state index in [-0.39, 0.29) is 10.8 Å². The van der Waals surface area contributed by atoms with E-state index < -0.39 is 0 Å². The van der Waals surface area contributed by atoms with Gasteiger partial charge in [-0.2, -0.15) is 0 Å². The molecular formula is C35H40O2. The Bertz CT molecular complexity index is 1170. The number of hydrogen-bond donors (Lipinski definition) is 0. The first-order valence-corrected chi connectivity index (χ1v) is 14.2. The van der Waals surface area contributed by atoms with Gasteiger partial charge in [0, 0.05) is 38.3 Å². The number of ether oxygens (including phenoxy) is 2. The average Bonchev–Trinajstić information content (AvgIpc) is 3.38. The van der Waals surface area contributed by atoms with Gasteiger partial charge in [-0.3, -0.25) is 0 Å². The maximum atomic E-state index is 5.62. The van der Waals surface area contributed by atoms with E-state index in [0.717, 1.165) is 51.7 Å². The number of methoxy groups -OCH3 is 2. The van der Waals surface area contributed by atoms with Gasteiger partial charge in [0.05, 0.1) is 0 Å². The van der Waals surface area contributed by atoms with Crippen LogP contribution in [-0.2, 0) is 20.3 Å². The highest BCUT2D eigenvalue weighted by atomic mass is 16.5. The second-order valence-corrected chi connectivity index (χ2v) is 11.4. The minimum Gasteiger partial charge on any atom is -0.385 e. The minimum atomic E-state index is 0.0858. The second kappa shape index (κ2) is 10.2. The van der Waals surface area contributed by atoms with Gasteiger partial charge in [0.1, 0.15) is 0 Å². The fourth-order valence-electron chi connectivity index (χ4n) is 8.43. The molecule has 2 aromatic carbocycles. The summed E-state index contributed by atoms with van der Waals surface area (Å²) in [5, 5.41) is 0. The summed E-state index contributed by atoms with van der Waals surface area (Å²) in [6.45, 7) is 1.63. The molecule has 0 aliphatic heterocycles. The van der Waals surface area contributed by atoms with Crippen molar-refractivity contribution in [2.45, 2.75) is 55.8 Å². The molecule has 2 aromatic rings. The lowest BCUT2D eigenvalue weighted by Gasteiger charge is -2.48. The molecule has 0 spiro atoms. The highest BCUT2D eigenvalue weighted by Gasteiger charge is 2.57. The normalized spacial score (nSPS) is 28.8. The summed E-state index contributed by atoms with van der Waals surface area (Å²) in [5.74, 6) is 1.04. The highest BCUT2D eigenvalue weighted by molar-refractivity contribution is 5.82. The van der Waals surface area contributed by atoms with Gasteiger partial charge in [-0.15, -0.1) is 0 Å². The van der Waals surface area contributed by atoms with E-state index in [0.29, 0.717) is 11.8 Å². The molecule has 0 saturated carbocycles. The van der Waals surface area contributed by atoms with Crippen LogP contribution >= 0.6 is 0 Å². The molecule has 4 aliphatic carbocycles. The Morgan fingerprint density at radius 3 is 1.59 bits per heavy atom. The Balaban J connectivity index is 1.54. The van der Waals surface area contributed by atoms with Crippen molar-refractivity contribution < 1.29 is 9.47 Å². The van der Waals surface area contributed by atoms with Gasteiger partial charge in [0.15, 0.2) is 0 Å². The monoisotopic (exact) mass is 492 g/mol. The zero-order chi connectivity index (χ0) is 25.3. The topological polar surface area (TPSA) is 18.5 Å². The maximum absolute atomic E-state index is 5.62. The number of benzene rings is 2. The summed E-state index contributed by atoms with van der Waals surface area (Å²) >= 11 is 0. The van der Waals surface area contributed by atoms with Crippen LogP contribution in [-0.4, -0.2) is 27.4 Å². The summed E-state index contributed by atoms with van der Waals surface area (Å²) in [7, 11) is 3.68. The molecule has 2 nitrogen and oxygen atoms in total. The first-order chi connectivity index (χ1) is 18.2. The third-order valence-electron chi connectivity index (χ3n) is 9.77. The van der Waals surface area contributed by atoms with Crippen LogP contribution in [0.15, 0.2) is 85.0 Å². The van der Waals surface area contributed by atoms with Crippen molar-refractivity contribution in [2.75, 3.05) is 27.4 Å². The lowest BCUT2D eigenvalue weighted by molar-refractivity contribution is 0.132. The van der Waals surface area contributed by atoms with Crippen molar-refractivity contribution in [3.8, 4) is 0 Å². The Morgan fingerprint density at radius 1 is 0.676 bits per heavy atom. The van der Waals surface area contributed by atoms with Crippen LogP contribution in [0.25, 0.3) is 11.1 Å². The summed E-state index contributed by atoms with van der Waals surface area (Å²) < 4.78 is 11.2. The first-order valence-electron chi connectivity index (χ1n) is 14.2. The van der Waals surface area contributed by atoms with Gasteiger partial charge >= 0.3 is 0 Å². The number of fused-ring (bicyclic) bond motifs is 6. The van der Waals surface area contributed by atoms with Crippen molar-refractivity contribution in [1.29, 1.82) is 0 Å². The average molecular weight is 493 g/mol. The van der Waals surface area contributed by atoms with E-state index >= 15 is 0 Å². The van der Waals surface area contributed by atoms with Crippen molar-refractivity contribution in [2.24, 2.45) is 11.8 Å².